The van der Waals surface area contributed by atoms with E-state index in [4.69, 9.17) is 27.9 Å². The van der Waals surface area contributed by atoms with E-state index in [1.54, 1.807) is 30.0 Å². The lowest BCUT2D eigenvalue weighted by Gasteiger charge is -2.08. The number of ether oxygens (including phenoxy) is 1. The summed E-state index contributed by atoms with van der Waals surface area (Å²) in [6, 6.07) is 13.5. The molecule has 2 aromatic carbocycles. The third kappa shape index (κ3) is 4.48. The highest BCUT2D eigenvalue weighted by Crippen LogP contribution is 2.28. The summed E-state index contributed by atoms with van der Waals surface area (Å²) in [5, 5.41) is 10.4. The molecule has 0 aliphatic heterocycles. The molecule has 130 valence electrons. The third-order valence-corrected chi connectivity index (χ3v) is 5.39. The van der Waals surface area contributed by atoms with Gasteiger partial charge in [-0.3, -0.25) is 0 Å². The molecule has 1 heterocycles. The van der Waals surface area contributed by atoms with Crippen molar-refractivity contribution in [1.29, 1.82) is 0 Å². The van der Waals surface area contributed by atoms with Gasteiger partial charge in [0.2, 0.25) is 0 Å². The lowest BCUT2D eigenvalue weighted by atomic mass is 10.1. The molecule has 3 rings (SSSR count). The standard InChI is InChI=1S/C18H17Cl2N3OS/c1-12-5-3-4-6-13(12)11-25-18-22-21-17(23(18)2)10-24-16-8-7-14(19)9-15(16)20/h3-9H,10-11H2,1-2H3. The van der Waals surface area contributed by atoms with Gasteiger partial charge in [-0.25, -0.2) is 0 Å². The lowest BCUT2D eigenvalue weighted by Crippen LogP contribution is -2.04. The second-order valence-corrected chi connectivity index (χ2v) is 7.32. The van der Waals surface area contributed by atoms with Crippen LogP contribution in [0.2, 0.25) is 10.0 Å². The molecule has 0 unspecified atom stereocenters. The zero-order valence-corrected chi connectivity index (χ0v) is 16.2. The first-order chi connectivity index (χ1) is 12.0. The Kier molecular flexibility index (Phi) is 5.89. The lowest BCUT2D eigenvalue weighted by molar-refractivity contribution is 0.290. The van der Waals surface area contributed by atoms with E-state index in [1.807, 2.05) is 17.7 Å². The van der Waals surface area contributed by atoms with Crippen LogP contribution in [0.1, 0.15) is 17.0 Å². The smallest absolute Gasteiger partial charge is 0.191 e. The fourth-order valence-electron chi connectivity index (χ4n) is 2.25. The van der Waals surface area contributed by atoms with Crippen LogP contribution in [0.5, 0.6) is 5.75 Å². The molecule has 0 spiro atoms. The van der Waals surface area contributed by atoms with Gasteiger partial charge in [-0.2, -0.15) is 0 Å². The minimum atomic E-state index is 0.287. The SMILES string of the molecule is Cc1ccccc1CSc1nnc(COc2ccc(Cl)cc2Cl)n1C. The Morgan fingerprint density at radius 2 is 1.92 bits per heavy atom. The molecule has 0 bridgehead atoms. The zero-order valence-electron chi connectivity index (χ0n) is 13.9. The Morgan fingerprint density at radius 1 is 1.12 bits per heavy atom. The highest BCUT2D eigenvalue weighted by molar-refractivity contribution is 7.98. The van der Waals surface area contributed by atoms with Gasteiger partial charge in [0.05, 0.1) is 5.02 Å². The van der Waals surface area contributed by atoms with Gasteiger partial charge in [0.25, 0.3) is 0 Å². The summed E-state index contributed by atoms with van der Waals surface area (Å²) in [6.07, 6.45) is 0. The molecule has 0 radical (unpaired) electrons. The number of rotatable bonds is 6. The van der Waals surface area contributed by atoms with E-state index in [-0.39, 0.29) is 6.61 Å². The van der Waals surface area contributed by atoms with Crippen LogP contribution in [0, 0.1) is 6.92 Å². The topological polar surface area (TPSA) is 39.9 Å². The summed E-state index contributed by atoms with van der Waals surface area (Å²) in [4.78, 5) is 0. The molecule has 7 heteroatoms. The first kappa shape index (κ1) is 18.1. The monoisotopic (exact) mass is 393 g/mol. The second-order valence-electron chi connectivity index (χ2n) is 5.54. The van der Waals surface area contributed by atoms with Gasteiger partial charge in [0.1, 0.15) is 12.4 Å². The molecule has 0 atom stereocenters. The molecular formula is C18H17Cl2N3OS. The summed E-state index contributed by atoms with van der Waals surface area (Å²) in [5.74, 6) is 2.16. The van der Waals surface area contributed by atoms with Crippen LogP contribution < -0.4 is 4.74 Å². The Hall–Kier alpha value is -1.69. The molecule has 0 saturated carbocycles. The number of nitrogens with zero attached hydrogens (tertiary/aromatic N) is 3. The number of benzene rings is 2. The summed E-state index contributed by atoms with van der Waals surface area (Å²) < 4.78 is 7.67. The van der Waals surface area contributed by atoms with E-state index in [9.17, 15) is 0 Å². The van der Waals surface area contributed by atoms with E-state index in [2.05, 4.69) is 35.3 Å². The summed E-state index contributed by atoms with van der Waals surface area (Å²) in [6.45, 7) is 2.40. The van der Waals surface area contributed by atoms with Crippen molar-refractivity contribution in [3.05, 3.63) is 69.5 Å². The number of aryl methyl sites for hydroxylation is 1. The van der Waals surface area contributed by atoms with Crippen LogP contribution in [-0.4, -0.2) is 14.8 Å². The molecule has 0 aliphatic carbocycles. The van der Waals surface area contributed by atoms with Crippen LogP contribution in [-0.2, 0) is 19.4 Å². The summed E-state index contributed by atoms with van der Waals surface area (Å²) >= 11 is 13.7. The maximum Gasteiger partial charge on any atom is 0.191 e. The largest absolute Gasteiger partial charge is 0.484 e. The van der Waals surface area contributed by atoms with Gasteiger partial charge in [-0.15, -0.1) is 10.2 Å². The molecule has 0 aliphatic rings. The molecule has 3 aromatic rings. The van der Waals surface area contributed by atoms with Crippen LogP contribution in [0.3, 0.4) is 0 Å². The highest BCUT2D eigenvalue weighted by Gasteiger charge is 2.11. The van der Waals surface area contributed by atoms with Crippen molar-refractivity contribution in [3.63, 3.8) is 0 Å². The molecule has 0 fully saturated rings. The predicted molar refractivity (Wildman–Crippen MR) is 103 cm³/mol. The van der Waals surface area contributed by atoms with Gasteiger partial charge in [-0.05, 0) is 36.2 Å². The fourth-order valence-corrected chi connectivity index (χ4v) is 3.71. The Balaban J connectivity index is 1.64. The van der Waals surface area contributed by atoms with Gasteiger partial charge < -0.3 is 9.30 Å². The summed E-state index contributed by atoms with van der Waals surface area (Å²) in [7, 11) is 1.93. The molecule has 25 heavy (non-hydrogen) atoms. The van der Waals surface area contributed by atoms with Crippen LogP contribution >= 0.6 is 35.0 Å². The van der Waals surface area contributed by atoms with Crippen molar-refractivity contribution < 1.29 is 4.74 Å². The molecular weight excluding hydrogens is 377 g/mol. The maximum atomic E-state index is 6.12. The van der Waals surface area contributed by atoms with E-state index < -0.39 is 0 Å². The van der Waals surface area contributed by atoms with Crippen molar-refractivity contribution in [2.45, 2.75) is 24.4 Å². The minimum Gasteiger partial charge on any atom is -0.484 e. The number of halogens is 2. The van der Waals surface area contributed by atoms with Gasteiger partial charge in [0.15, 0.2) is 11.0 Å². The van der Waals surface area contributed by atoms with Crippen molar-refractivity contribution >= 4 is 35.0 Å². The quantitative estimate of drug-likeness (QED) is 0.532. The number of aromatic nitrogens is 3. The van der Waals surface area contributed by atoms with Gasteiger partial charge in [-0.1, -0.05) is 59.2 Å². The highest BCUT2D eigenvalue weighted by atomic mass is 35.5. The van der Waals surface area contributed by atoms with E-state index in [1.165, 1.54) is 11.1 Å². The molecule has 4 nitrogen and oxygen atoms in total. The first-order valence-electron chi connectivity index (χ1n) is 7.68. The van der Waals surface area contributed by atoms with Crippen LogP contribution in [0.4, 0.5) is 0 Å². The number of thioether (sulfide) groups is 1. The average molecular weight is 394 g/mol. The van der Waals surface area contributed by atoms with Crippen LogP contribution in [0.25, 0.3) is 0 Å². The van der Waals surface area contributed by atoms with E-state index in [0.29, 0.717) is 15.8 Å². The summed E-state index contributed by atoms with van der Waals surface area (Å²) in [5.41, 5.74) is 2.57. The molecule has 0 saturated heterocycles. The van der Waals surface area contributed by atoms with Crippen molar-refractivity contribution in [1.82, 2.24) is 14.8 Å². The first-order valence-corrected chi connectivity index (χ1v) is 9.42. The number of hydrogen-bond acceptors (Lipinski definition) is 4. The minimum absolute atomic E-state index is 0.287. The van der Waals surface area contributed by atoms with E-state index >= 15 is 0 Å². The van der Waals surface area contributed by atoms with Crippen LogP contribution in [0.15, 0.2) is 47.6 Å². The Morgan fingerprint density at radius 3 is 2.68 bits per heavy atom. The predicted octanol–water partition coefficient (Wildman–Crippen LogP) is 5.30. The van der Waals surface area contributed by atoms with Gasteiger partial charge >= 0.3 is 0 Å². The van der Waals surface area contributed by atoms with Crippen molar-refractivity contribution in [2.24, 2.45) is 7.05 Å². The maximum absolute atomic E-state index is 6.12. The average Bonchev–Trinajstić information content (AvgIpc) is 2.94. The Labute approximate surface area is 161 Å². The Bertz CT molecular complexity index is 883. The number of hydrogen-bond donors (Lipinski definition) is 0. The molecule has 0 amide bonds. The van der Waals surface area contributed by atoms with Crippen molar-refractivity contribution in [2.75, 3.05) is 0 Å². The second kappa shape index (κ2) is 8.13. The van der Waals surface area contributed by atoms with Crippen molar-refractivity contribution in [3.8, 4) is 5.75 Å². The van der Waals surface area contributed by atoms with E-state index in [0.717, 1.165) is 16.7 Å². The van der Waals surface area contributed by atoms with Gasteiger partial charge in [0, 0.05) is 17.8 Å². The molecule has 0 N–H and O–H groups in total. The molecule has 1 aromatic heterocycles. The zero-order chi connectivity index (χ0) is 17.8. The normalized spacial score (nSPS) is 10.9. The third-order valence-electron chi connectivity index (χ3n) is 3.79. The fraction of sp³-hybridized carbons (Fsp3) is 0.222.